The minimum atomic E-state index is 0. The third-order valence-electron chi connectivity index (χ3n) is 0.993. The molecular weight excluding hydrogens is 216 g/mol. The summed E-state index contributed by atoms with van der Waals surface area (Å²) in [6, 6.07) is 0. The van der Waals surface area contributed by atoms with Crippen molar-refractivity contribution in [1.82, 2.24) is 9.97 Å². The van der Waals surface area contributed by atoms with E-state index >= 15 is 0 Å². The molecule has 3 heteroatoms. The van der Waals surface area contributed by atoms with Crippen LogP contribution < -0.4 is 0 Å². The Kier molecular flexibility index (Phi) is 7.98. The first-order chi connectivity index (χ1) is 4.83. The molecule has 1 aromatic heterocycles. The first-order valence-corrected chi connectivity index (χ1v) is 4.01. The van der Waals surface area contributed by atoms with Gasteiger partial charge >= 0.3 is 0 Å². The lowest BCUT2D eigenvalue weighted by atomic mass is 10.5. The van der Waals surface area contributed by atoms with Gasteiger partial charge in [0.2, 0.25) is 0 Å². The normalized spacial score (nSPS) is 7.17. The highest BCUT2D eigenvalue weighted by atomic mass is 79.9. The van der Waals surface area contributed by atoms with Gasteiger partial charge in [-0.15, -0.1) is 0 Å². The summed E-state index contributed by atoms with van der Waals surface area (Å²) in [5.41, 5.74) is 0.872. The van der Waals surface area contributed by atoms with E-state index in [2.05, 4.69) is 37.7 Å². The van der Waals surface area contributed by atoms with Crippen molar-refractivity contribution in [3.05, 3.63) is 17.7 Å². The second kappa shape index (κ2) is 6.93. The average Bonchev–Trinajstić information content (AvgIpc) is 2.31. The molecule has 0 aliphatic carbocycles. The van der Waals surface area contributed by atoms with E-state index in [0.29, 0.717) is 5.33 Å². The number of alkyl halides is 1. The lowest BCUT2D eigenvalue weighted by Crippen LogP contribution is -1.73. The summed E-state index contributed by atoms with van der Waals surface area (Å²) in [4.78, 5) is 7.00. The summed E-state index contributed by atoms with van der Waals surface area (Å²) < 4.78 is 0. The Morgan fingerprint density at radius 3 is 2.67 bits per heavy atom. The fraction of sp³-hybridized carbons (Fsp3) is 0.444. The standard InChI is InChI=1S/C7H7BrN2.2CH4/c1-6-9-5-7(10-6)3-2-4-8;;/h5H,4H2,1H3,(H,9,10);2*1H4. The summed E-state index contributed by atoms with van der Waals surface area (Å²) >= 11 is 3.21. The van der Waals surface area contributed by atoms with Gasteiger partial charge in [-0.3, -0.25) is 0 Å². The molecule has 0 radical (unpaired) electrons. The van der Waals surface area contributed by atoms with Crippen LogP contribution in [0.1, 0.15) is 26.4 Å². The Hall–Kier alpha value is -0.750. The third kappa shape index (κ3) is 4.20. The molecule has 0 unspecified atom stereocenters. The summed E-state index contributed by atoms with van der Waals surface area (Å²) in [5, 5.41) is 0.699. The van der Waals surface area contributed by atoms with E-state index in [1.807, 2.05) is 6.92 Å². The maximum absolute atomic E-state index is 4.00. The Labute approximate surface area is 82.9 Å². The monoisotopic (exact) mass is 230 g/mol. The molecule has 0 aliphatic heterocycles. The van der Waals surface area contributed by atoms with Gasteiger partial charge in [-0.25, -0.2) is 4.98 Å². The summed E-state index contributed by atoms with van der Waals surface area (Å²) in [7, 11) is 0. The molecule has 12 heavy (non-hydrogen) atoms. The van der Waals surface area contributed by atoms with Crippen molar-refractivity contribution in [2.24, 2.45) is 0 Å². The predicted molar refractivity (Wildman–Crippen MR) is 57.5 cm³/mol. The molecule has 1 heterocycles. The number of aromatic amines is 1. The number of aryl methyl sites for hydroxylation is 1. The molecule has 0 aliphatic rings. The van der Waals surface area contributed by atoms with Gasteiger partial charge < -0.3 is 4.98 Å². The lowest BCUT2D eigenvalue weighted by molar-refractivity contribution is 1.14. The highest BCUT2D eigenvalue weighted by Crippen LogP contribution is 1.91. The molecule has 0 spiro atoms. The number of nitrogens with one attached hydrogen (secondary N) is 1. The highest BCUT2D eigenvalue weighted by molar-refractivity contribution is 9.09. The predicted octanol–water partition coefficient (Wildman–Crippen LogP) is 2.74. The van der Waals surface area contributed by atoms with Crippen LogP contribution in [-0.2, 0) is 0 Å². The molecule has 0 saturated heterocycles. The van der Waals surface area contributed by atoms with E-state index in [1.54, 1.807) is 6.20 Å². The van der Waals surface area contributed by atoms with Crippen molar-refractivity contribution >= 4 is 15.9 Å². The molecule has 68 valence electrons. The van der Waals surface area contributed by atoms with Crippen LogP contribution in [0.3, 0.4) is 0 Å². The first kappa shape index (κ1) is 13.8. The van der Waals surface area contributed by atoms with Gasteiger partial charge in [0, 0.05) is 0 Å². The average molecular weight is 231 g/mol. The molecule has 1 aromatic rings. The minimum Gasteiger partial charge on any atom is -0.336 e. The van der Waals surface area contributed by atoms with E-state index < -0.39 is 0 Å². The summed E-state index contributed by atoms with van der Waals surface area (Å²) in [6.07, 6.45) is 1.73. The van der Waals surface area contributed by atoms with Crippen LogP contribution in [0.4, 0.5) is 0 Å². The molecule has 1 N–H and O–H groups in total. The molecule has 0 atom stereocenters. The molecule has 0 fully saturated rings. The molecule has 2 nitrogen and oxygen atoms in total. The second-order valence-electron chi connectivity index (χ2n) is 1.82. The van der Waals surface area contributed by atoms with E-state index in [-0.39, 0.29) is 14.9 Å². The Morgan fingerprint density at radius 2 is 2.25 bits per heavy atom. The summed E-state index contributed by atoms with van der Waals surface area (Å²) in [6.45, 7) is 1.90. The number of hydrogen-bond acceptors (Lipinski definition) is 1. The minimum absolute atomic E-state index is 0. The van der Waals surface area contributed by atoms with E-state index in [4.69, 9.17) is 0 Å². The maximum Gasteiger partial charge on any atom is 0.109 e. The van der Waals surface area contributed by atoms with Gasteiger partial charge in [0.05, 0.1) is 11.5 Å². The number of rotatable bonds is 0. The van der Waals surface area contributed by atoms with Crippen LogP contribution in [0.25, 0.3) is 0 Å². The molecule has 1 rings (SSSR count). The Balaban J connectivity index is 0. The highest BCUT2D eigenvalue weighted by Gasteiger charge is 1.88. The van der Waals surface area contributed by atoms with Gasteiger partial charge in [-0.2, -0.15) is 0 Å². The molecule has 0 bridgehead atoms. The zero-order chi connectivity index (χ0) is 7.40. The van der Waals surface area contributed by atoms with Crippen molar-refractivity contribution in [1.29, 1.82) is 0 Å². The van der Waals surface area contributed by atoms with Gasteiger partial charge in [0.15, 0.2) is 0 Å². The Morgan fingerprint density at radius 1 is 1.58 bits per heavy atom. The van der Waals surface area contributed by atoms with Crippen LogP contribution >= 0.6 is 15.9 Å². The van der Waals surface area contributed by atoms with Crippen molar-refractivity contribution < 1.29 is 0 Å². The fourth-order valence-corrected chi connectivity index (χ4v) is 0.753. The number of imidazole rings is 1. The van der Waals surface area contributed by atoms with Crippen molar-refractivity contribution in [3.8, 4) is 11.8 Å². The number of nitrogens with zero attached hydrogens (tertiary/aromatic N) is 1. The maximum atomic E-state index is 4.00. The van der Waals surface area contributed by atoms with E-state index in [1.165, 1.54) is 0 Å². The van der Waals surface area contributed by atoms with Gasteiger partial charge in [0.25, 0.3) is 0 Å². The topological polar surface area (TPSA) is 28.7 Å². The zero-order valence-corrected chi connectivity index (χ0v) is 7.20. The quantitative estimate of drug-likeness (QED) is 0.539. The van der Waals surface area contributed by atoms with Crippen LogP contribution in [0.15, 0.2) is 6.20 Å². The molecular formula is C9H15BrN2. The molecule has 0 amide bonds. The van der Waals surface area contributed by atoms with E-state index in [9.17, 15) is 0 Å². The van der Waals surface area contributed by atoms with Gasteiger partial charge in [-0.05, 0) is 12.8 Å². The van der Waals surface area contributed by atoms with Crippen LogP contribution in [0.5, 0.6) is 0 Å². The van der Waals surface area contributed by atoms with Crippen molar-refractivity contribution in [3.63, 3.8) is 0 Å². The number of hydrogen-bond donors (Lipinski definition) is 1. The Bertz CT molecular complexity index is 268. The zero-order valence-electron chi connectivity index (χ0n) is 5.61. The largest absolute Gasteiger partial charge is 0.336 e. The second-order valence-corrected chi connectivity index (χ2v) is 2.38. The number of halogens is 1. The van der Waals surface area contributed by atoms with Gasteiger partial charge in [0.1, 0.15) is 11.5 Å². The van der Waals surface area contributed by atoms with Crippen LogP contribution in [-0.4, -0.2) is 15.3 Å². The number of aromatic nitrogens is 2. The van der Waals surface area contributed by atoms with Crippen molar-refractivity contribution in [2.45, 2.75) is 21.8 Å². The molecule has 0 saturated carbocycles. The van der Waals surface area contributed by atoms with Crippen molar-refractivity contribution in [2.75, 3.05) is 5.33 Å². The SMILES string of the molecule is C.C.Cc1ncc(C#CCBr)[nH]1. The summed E-state index contributed by atoms with van der Waals surface area (Å²) in [5.74, 6) is 6.68. The third-order valence-corrected chi connectivity index (χ3v) is 1.27. The lowest BCUT2D eigenvalue weighted by Gasteiger charge is -1.76. The van der Waals surface area contributed by atoms with Crippen LogP contribution in [0.2, 0.25) is 0 Å². The first-order valence-electron chi connectivity index (χ1n) is 2.89. The fourth-order valence-electron chi connectivity index (χ4n) is 0.613. The number of H-pyrrole nitrogens is 1. The van der Waals surface area contributed by atoms with E-state index in [0.717, 1.165) is 11.5 Å². The smallest absolute Gasteiger partial charge is 0.109 e. The van der Waals surface area contributed by atoms with Crippen LogP contribution in [0, 0.1) is 18.8 Å². The molecule has 0 aromatic carbocycles. The van der Waals surface area contributed by atoms with Gasteiger partial charge in [-0.1, -0.05) is 36.7 Å².